The molecule has 9 heteroatoms. The first kappa shape index (κ1) is 18.7. The maximum absolute atomic E-state index is 13.2. The van der Waals surface area contributed by atoms with E-state index in [2.05, 4.69) is 0 Å². The molecule has 6 rings (SSSR count). The summed E-state index contributed by atoms with van der Waals surface area (Å²) < 4.78 is 39.7. The van der Waals surface area contributed by atoms with E-state index in [-0.39, 0.29) is 22.5 Å². The van der Waals surface area contributed by atoms with Gasteiger partial charge >= 0.3 is 12.1 Å². The number of likely N-dealkylation sites (tertiary alicyclic amines) is 1. The number of anilines is 1. The van der Waals surface area contributed by atoms with Gasteiger partial charge in [0.1, 0.15) is 6.67 Å². The molecule has 0 N–H and O–H groups in total. The fourth-order valence-electron chi connectivity index (χ4n) is 5.37. The Balaban J connectivity index is 1.48. The molecule has 1 aliphatic heterocycles. The topological polar surface area (TPSA) is 57.7 Å². The molecule has 0 spiro atoms. The van der Waals surface area contributed by atoms with Crippen molar-refractivity contribution in [1.82, 2.24) is 4.90 Å². The van der Waals surface area contributed by atoms with Gasteiger partial charge in [-0.2, -0.15) is 13.2 Å². The molecule has 6 atom stereocenters. The van der Waals surface area contributed by atoms with Crippen LogP contribution < -0.4 is 4.90 Å². The molecule has 29 heavy (non-hydrogen) atoms. The normalized spacial score (nSPS) is 34.3. The van der Waals surface area contributed by atoms with Crippen molar-refractivity contribution in [3.05, 3.63) is 41.4 Å². The van der Waals surface area contributed by atoms with Crippen LogP contribution in [0.15, 0.2) is 36.4 Å². The minimum Gasteiger partial charge on any atom is -0.284 e. The molecule has 1 aromatic rings. The number of para-hydroxylation sites is 1. The van der Waals surface area contributed by atoms with E-state index in [0.717, 1.165) is 11.3 Å². The van der Waals surface area contributed by atoms with Crippen molar-refractivity contribution in [3.8, 4) is 0 Å². The number of carbonyl (C=O) groups is 3. The Labute approximate surface area is 169 Å². The zero-order valence-corrected chi connectivity index (χ0v) is 15.7. The van der Waals surface area contributed by atoms with Gasteiger partial charge in [0.15, 0.2) is 0 Å². The van der Waals surface area contributed by atoms with Gasteiger partial charge < -0.3 is 0 Å². The third-order valence-corrected chi connectivity index (χ3v) is 6.99. The summed E-state index contributed by atoms with van der Waals surface area (Å²) in [6, 6.07) is 5.55. The van der Waals surface area contributed by atoms with Crippen molar-refractivity contribution in [2.45, 2.75) is 12.6 Å². The Morgan fingerprint density at radius 3 is 2.14 bits per heavy atom. The van der Waals surface area contributed by atoms with Crippen LogP contribution in [-0.2, 0) is 14.4 Å². The Hall–Kier alpha value is -2.35. The van der Waals surface area contributed by atoms with Gasteiger partial charge in [-0.1, -0.05) is 35.9 Å². The monoisotopic (exact) mass is 424 g/mol. The zero-order valence-electron chi connectivity index (χ0n) is 15.0. The Kier molecular flexibility index (Phi) is 3.91. The molecule has 3 amide bonds. The molecule has 2 bridgehead atoms. The first-order chi connectivity index (χ1) is 13.7. The number of imide groups is 1. The second kappa shape index (κ2) is 6.08. The molecule has 1 saturated heterocycles. The first-order valence-electron chi connectivity index (χ1n) is 9.37. The molecule has 152 valence electrons. The minimum absolute atomic E-state index is 0.0523. The molecule has 1 heterocycles. The van der Waals surface area contributed by atoms with Crippen molar-refractivity contribution < 1.29 is 27.6 Å². The molecule has 1 aromatic carbocycles. The number of benzene rings is 1. The van der Waals surface area contributed by atoms with E-state index < -0.39 is 42.4 Å². The van der Waals surface area contributed by atoms with E-state index in [1.165, 1.54) is 24.3 Å². The number of carbonyl (C=O) groups excluding carboxylic acids is 3. The van der Waals surface area contributed by atoms with Crippen molar-refractivity contribution in [2.24, 2.45) is 35.5 Å². The first-order valence-corrected chi connectivity index (χ1v) is 9.74. The smallest absolute Gasteiger partial charge is 0.284 e. The number of allylic oxidation sites excluding steroid dienone is 2. The number of alkyl halides is 3. The van der Waals surface area contributed by atoms with E-state index in [9.17, 15) is 27.6 Å². The van der Waals surface area contributed by atoms with E-state index in [1.807, 2.05) is 12.2 Å². The van der Waals surface area contributed by atoms with Crippen LogP contribution in [-0.4, -0.2) is 35.5 Å². The summed E-state index contributed by atoms with van der Waals surface area (Å²) in [5.41, 5.74) is -0.198. The number of nitrogens with zero attached hydrogens (tertiary/aromatic N) is 2. The van der Waals surface area contributed by atoms with Gasteiger partial charge in [-0.3, -0.25) is 24.2 Å². The minimum atomic E-state index is -5.18. The van der Waals surface area contributed by atoms with Gasteiger partial charge in [-0.25, -0.2) is 0 Å². The van der Waals surface area contributed by atoms with Crippen molar-refractivity contribution in [3.63, 3.8) is 0 Å². The molecule has 0 unspecified atom stereocenters. The van der Waals surface area contributed by atoms with Crippen molar-refractivity contribution >= 4 is 35.0 Å². The standard InChI is InChI=1S/C20H16ClF3N2O3/c21-13-3-1-2-4-14(13)25(19(29)20(22,23)24)8-26-17(27)15-9-5-6-10(12-7-11(9)12)16(15)18(26)28/h1-6,9-12,15-16H,7-8H2/t9-,10-,11-,12+,15+,16+/m0/s1. The average molecular weight is 425 g/mol. The lowest BCUT2D eigenvalue weighted by molar-refractivity contribution is -0.171. The average Bonchev–Trinajstić information content (AvgIpc) is 3.45. The fraction of sp³-hybridized carbons (Fsp3) is 0.450. The molecular formula is C20H16ClF3N2O3. The van der Waals surface area contributed by atoms with E-state index in [0.29, 0.717) is 16.7 Å². The van der Waals surface area contributed by atoms with E-state index >= 15 is 0 Å². The number of amides is 3. The summed E-state index contributed by atoms with van der Waals surface area (Å²) in [4.78, 5) is 39.4. The lowest BCUT2D eigenvalue weighted by Crippen LogP contribution is -2.49. The van der Waals surface area contributed by atoms with Crippen LogP contribution in [0, 0.1) is 35.5 Å². The van der Waals surface area contributed by atoms with Crippen LogP contribution in [0.2, 0.25) is 5.02 Å². The Bertz CT molecular complexity index is 927. The second-order valence-electron chi connectivity index (χ2n) is 8.08. The third-order valence-electron chi connectivity index (χ3n) is 6.67. The largest absolute Gasteiger partial charge is 0.471 e. The summed E-state index contributed by atoms with van der Waals surface area (Å²) in [5.74, 6) is -3.63. The van der Waals surface area contributed by atoms with Crippen LogP contribution >= 0.6 is 11.6 Å². The van der Waals surface area contributed by atoms with Gasteiger partial charge in [0, 0.05) is 0 Å². The zero-order chi connectivity index (χ0) is 20.7. The van der Waals surface area contributed by atoms with Gasteiger partial charge in [-0.15, -0.1) is 0 Å². The van der Waals surface area contributed by atoms with Crippen LogP contribution in [0.3, 0.4) is 0 Å². The molecule has 0 aromatic heterocycles. The maximum Gasteiger partial charge on any atom is 0.471 e. The molecule has 0 radical (unpaired) electrons. The van der Waals surface area contributed by atoms with Crippen molar-refractivity contribution in [2.75, 3.05) is 11.6 Å². The number of hydrogen-bond acceptors (Lipinski definition) is 3. The predicted octanol–water partition coefficient (Wildman–Crippen LogP) is 3.25. The highest BCUT2D eigenvalue weighted by atomic mass is 35.5. The predicted molar refractivity (Wildman–Crippen MR) is 96.4 cm³/mol. The third kappa shape index (κ3) is 2.64. The molecule has 5 nitrogen and oxygen atoms in total. The van der Waals surface area contributed by atoms with E-state index in [1.54, 1.807) is 0 Å². The highest BCUT2D eigenvalue weighted by Crippen LogP contribution is 2.65. The van der Waals surface area contributed by atoms with E-state index in [4.69, 9.17) is 11.6 Å². The Morgan fingerprint density at radius 2 is 1.62 bits per heavy atom. The maximum atomic E-state index is 13.2. The van der Waals surface area contributed by atoms with Crippen LogP contribution in [0.5, 0.6) is 0 Å². The van der Waals surface area contributed by atoms with Gasteiger partial charge in [-0.05, 0) is 42.2 Å². The molecule has 5 aliphatic rings. The summed E-state index contributed by atoms with van der Waals surface area (Å²) in [6.07, 6.45) is -0.253. The lowest BCUT2D eigenvalue weighted by atomic mass is 9.63. The fourth-order valence-corrected chi connectivity index (χ4v) is 5.61. The van der Waals surface area contributed by atoms with Crippen molar-refractivity contribution in [1.29, 1.82) is 0 Å². The Morgan fingerprint density at radius 1 is 1.07 bits per heavy atom. The summed E-state index contributed by atoms with van der Waals surface area (Å²) in [6.45, 7) is -0.804. The molecular weight excluding hydrogens is 409 g/mol. The SMILES string of the molecule is O=C1[C@@H]2[C@H]3C=C[C@@H]([C@@H]4C[C@H]34)[C@H]2C(=O)N1CN(C(=O)C(F)(F)F)c1ccccc1Cl. The summed E-state index contributed by atoms with van der Waals surface area (Å²) in [5, 5.41) is -0.0791. The molecule has 3 fully saturated rings. The quantitative estimate of drug-likeness (QED) is 0.553. The van der Waals surface area contributed by atoms with Gasteiger partial charge in [0.05, 0.1) is 22.5 Å². The van der Waals surface area contributed by atoms with Gasteiger partial charge in [0.2, 0.25) is 11.8 Å². The van der Waals surface area contributed by atoms with Crippen LogP contribution in [0.1, 0.15) is 6.42 Å². The van der Waals surface area contributed by atoms with Crippen LogP contribution in [0.4, 0.5) is 18.9 Å². The molecule has 2 saturated carbocycles. The highest BCUT2D eigenvalue weighted by Gasteiger charge is 2.67. The summed E-state index contributed by atoms with van der Waals surface area (Å²) >= 11 is 6.01. The number of halogens is 4. The lowest BCUT2D eigenvalue weighted by Gasteiger charge is -2.37. The number of hydrogen-bond donors (Lipinski definition) is 0. The van der Waals surface area contributed by atoms with Gasteiger partial charge in [0.25, 0.3) is 0 Å². The molecule has 4 aliphatic carbocycles. The number of rotatable bonds is 3. The summed E-state index contributed by atoms with van der Waals surface area (Å²) in [7, 11) is 0. The van der Waals surface area contributed by atoms with Crippen LogP contribution in [0.25, 0.3) is 0 Å². The highest BCUT2D eigenvalue weighted by molar-refractivity contribution is 6.33. The second-order valence-corrected chi connectivity index (χ2v) is 8.49.